The molecule has 160 valence electrons. The second-order valence-corrected chi connectivity index (χ2v) is 7.95. The van der Waals surface area contributed by atoms with Gasteiger partial charge in [-0.2, -0.15) is 11.8 Å². The molecule has 1 aliphatic rings. The molecule has 1 saturated heterocycles. The third kappa shape index (κ3) is 4.95. The van der Waals surface area contributed by atoms with E-state index in [1.165, 1.54) is 6.33 Å². The van der Waals surface area contributed by atoms with E-state index in [0.29, 0.717) is 36.4 Å². The number of hydrogen-bond acceptors (Lipinski definition) is 10. The highest BCUT2D eigenvalue weighted by molar-refractivity contribution is 7.98. The maximum atomic E-state index is 12.0. The number of rotatable bonds is 9. The molecule has 0 amide bonds. The molecule has 0 unspecified atom stereocenters. The molecule has 1 fully saturated rings. The number of aryl methyl sites for hydroxylation is 1. The van der Waals surface area contributed by atoms with E-state index in [1.807, 2.05) is 6.26 Å². The summed E-state index contributed by atoms with van der Waals surface area (Å²) >= 11 is 1.63. The van der Waals surface area contributed by atoms with Crippen LogP contribution >= 0.6 is 11.8 Å². The van der Waals surface area contributed by atoms with Crippen LogP contribution in [0.4, 0.5) is 5.82 Å². The Morgan fingerprint density at radius 1 is 1.38 bits per heavy atom. The van der Waals surface area contributed by atoms with Gasteiger partial charge in [0.25, 0.3) is 0 Å². The lowest BCUT2D eigenvalue weighted by Crippen LogP contribution is -2.65. The molecule has 0 bridgehead atoms. The van der Waals surface area contributed by atoms with Crippen LogP contribution in [0.15, 0.2) is 12.7 Å². The molecular weight excluding hydrogens is 400 g/mol. The highest BCUT2D eigenvalue weighted by atomic mass is 32.2. The van der Waals surface area contributed by atoms with Gasteiger partial charge in [-0.15, -0.1) is 0 Å². The van der Waals surface area contributed by atoms with E-state index in [0.717, 1.165) is 5.75 Å². The Morgan fingerprint density at radius 3 is 2.90 bits per heavy atom. The molecular formula is C17H27N6O5S+. The number of ether oxygens (including phenoxy) is 2. The highest BCUT2D eigenvalue weighted by Gasteiger charge is 2.43. The Morgan fingerprint density at radius 2 is 2.14 bits per heavy atom. The molecule has 0 aliphatic carbocycles. The van der Waals surface area contributed by atoms with E-state index < -0.39 is 36.4 Å². The number of aromatic nitrogens is 4. The van der Waals surface area contributed by atoms with Gasteiger partial charge in [0.05, 0.1) is 12.4 Å². The van der Waals surface area contributed by atoms with Gasteiger partial charge in [0.15, 0.2) is 17.5 Å². The molecule has 11 nitrogen and oxygen atoms in total. The molecule has 5 atom stereocenters. The zero-order valence-electron chi connectivity index (χ0n) is 16.2. The fourth-order valence-electron chi connectivity index (χ4n) is 3.19. The topological polar surface area (TPSA) is 173 Å². The van der Waals surface area contributed by atoms with Gasteiger partial charge >= 0.3 is 5.97 Å². The Labute approximate surface area is 171 Å². The van der Waals surface area contributed by atoms with Crippen LogP contribution in [0.3, 0.4) is 0 Å². The summed E-state index contributed by atoms with van der Waals surface area (Å²) in [5, 5.41) is 20.5. The smallest absolute Gasteiger partial charge is 0.364 e. The summed E-state index contributed by atoms with van der Waals surface area (Å²) in [7, 11) is 0. The van der Waals surface area contributed by atoms with Crippen molar-refractivity contribution >= 4 is 34.7 Å². The standard InChI is InChI=1S/C17H26N6O5S/c1-29-5-3-9(18)17(26)27-6-11-14(25)13(24)10(28-11)2-4-23-8-22-12-15(19)20-7-21-16(12)23/h7-11,13-14,24-25H,2-6,18H2,1H3,(H2,19,20,21)/p+1/t9-,10-,11+,13-,14+/m0/s1. The van der Waals surface area contributed by atoms with E-state index in [-0.39, 0.29) is 6.61 Å². The molecule has 0 radical (unpaired) electrons. The summed E-state index contributed by atoms with van der Waals surface area (Å²) in [5.41, 5.74) is 10.7. The Kier molecular flexibility index (Phi) is 7.24. The van der Waals surface area contributed by atoms with Crippen LogP contribution in [0.5, 0.6) is 0 Å². The fourth-order valence-corrected chi connectivity index (χ4v) is 3.71. The van der Waals surface area contributed by atoms with Crippen molar-refractivity contribution in [1.82, 2.24) is 19.5 Å². The number of fused-ring (bicyclic) bond motifs is 1. The maximum Gasteiger partial charge on any atom is 0.364 e. The molecule has 2 aromatic rings. The van der Waals surface area contributed by atoms with Crippen molar-refractivity contribution in [1.29, 1.82) is 0 Å². The number of aliphatic hydroxyl groups excluding tert-OH is 2. The Hall–Kier alpha value is -1.99. The molecule has 0 aromatic carbocycles. The number of carbonyl (C=O) groups excluding carboxylic acids is 1. The molecule has 7 N–H and O–H groups in total. The zero-order chi connectivity index (χ0) is 21.0. The number of hydrogen-bond donors (Lipinski definition) is 4. The second-order valence-electron chi connectivity index (χ2n) is 6.96. The summed E-state index contributed by atoms with van der Waals surface area (Å²) < 4.78 is 12.7. The number of aliphatic hydroxyl groups is 2. The van der Waals surface area contributed by atoms with Gasteiger partial charge < -0.3 is 35.7 Å². The minimum atomic E-state index is -1.14. The van der Waals surface area contributed by atoms with Crippen molar-refractivity contribution in [3.05, 3.63) is 12.7 Å². The van der Waals surface area contributed by atoms with Gasteiger partial charge in [-0.05, 0) is 18.4 Å². The van der Waals surface area contributed by atoms with Crippen molar-refractivity contribution in [2.24, 2.45) is 0 Å². The quantitative estimate of drug-likeness (QED) is 0.334. The molecule has 0 saturated carbocycles. The molecule has 12 heteroatoms. The number of imidazole rings is 1. The lowest BCUT2D eigenvalue weighted by molar-refractivity contribution is -0.408. The van der Waals surface area contributed by atoms with Crippen molar-refractivity contribution in [3.8, 4) is 0 Å². The van der Waals surface area contributed by atoms with E-state index >= 15 is 0 Å². The van der Waals surface area contributed by atoms with Crippen molar-refractivity contribution in [2.75, 3.05) is 24.3 Å². The van der Waals surface area contributed by atoms with Crippen LogP contribution in [0.25, 0.3) is 11.2 Å². The van der Waals surface area contributed by atoms with E-state index in [9.17, 15) is 15.0 Å². The van der Waals surface area contributed by atoms with E-state index in [2.05, 4.69) is 20.7 Å². The third-order valence-electron chi connectivity index (χ3n) is 4.94. The summed E-state index contributed by atoms with van der Waals surface area (Å²) in [5.74, 6) is 0.672. The molecule has 3 rings (SSSR count). The first kappa shape index (κ1) is 21.7. The van der Waals surface area contributed by atoms with Crippen LogP contribution in [0.1, 0.15) is 12.8 Å². The number of anilines is 1. The van der Waals surface area contributed by atoms with Gasteiger partial charge in [0.1, 0.15) is 36.8 Å². The number of nitrogens with two attached hydrogens (primary N) is 1. The predicted octanol–water partition coefficient (Wildman–Crippen LogP) is -1.81. The Balaban J connectivity index is 1.52. The zero-order valence-corrected chi connectivity index (χ0v) is 17.0. The average Bonchev–Trinajstić information content (AvgIpc) is 3.25. The van der Waals surface area contributed by atoms with Gasteiger partial charge in [-0.3, -0.25) is 0 Å². The first-order chi connectivity index (χ1) is 13.9. The minimum absolute atomic E-state index is 0.128. The van der Waals surface area contributed by atoms with Gasteiger partial charge in [0, 0.05) is 13.0 Å². The SMILES string of the molecule is CSCC[C@H]([NH3+])C(=O)OC[C@H]1O[C@@H](CCn2cnc3c(N)ncnc32)[C@H](O)[C@@H]1O. The normalized spacial score (nSPS) is 25.4. The van der Waals surface area contributed by atoms with Crippen LogP contribution in [-0.2, 0) is 20.8 Å². The molecule has 29 heavy (non-hydrogen) atoms. The first-order valence-corrected chi connectivity index (χ1v) is 10.7. The number of thioether (sulfide) groups is 1. The Bertz CT molecular complexity index is 836. The minimum Gasteiger partial charge on any atom is -0.458 e. The van der Waals surface area contributed by atoms with E-state index in [4.69, 9.17) is 15.2 Å². The monoisotopic (exact) mass is 427 g/mol. The summed E-state index contributed by atoms with van der Waals surface area (Å²) in [6.07, 6.45) is 2.31. The summed E-state index contributed by atoms with van der Waals surface area (Å²) in [4.78, 5) is 24.3. The lowest BCUT2D eigenvalue weighted by Gasteiger charge is -2.16. The van der Waals surface area contributed by atoms with E-state index in [1.54, 1.807) is 22.7 Å². The molecule has 3 heterocycles. The summed E-state index contributed by atoms with van der Waals surface area (Å²) in [6.45, 7) is 0.320. The first-order valence-electron chi connectivity index (χ1n) is 9.34. The number of esters is 1. The molecule has 1 aliphatic heterocycles. The number of nitrogen functional groups attached to an aromatic ring is 1. The molecule has 2 aromatic heterocycles. The highest BCUT2D eigenvalue weighted by Crippen LogP contribution is 2.25. The summed E-state index contributed by atoms with van der Waals surface area (Å²) in [6, 6.07) is -0.467. The van der Waals surface area contributed by atoms with Crippen LogP contribution in [0, 0.1) is 0 Å². The van der Waals surface area contributed by atoms with Crippen molar-refractivity contribution < 1.29 is 30.2 Å². The largest absolute Gasteiger partial charge is 0.458 e. The number of carbonyl (C=O) groups is 1. The van der Waals surface area contributed by atoms with Gasteiger partial charge in [-0.25, -0.2) is 19.7 Å². The van der Waals surface area contributed by atoms with Crippen molar-refractivity contribution in [3.63, 3.8) is 0 Å². The fraction of sp³-hybridized carbons (Fsp3) is 0.647. The van der Waals surface area contributed by atoms with Gasteiger partial charge in [0.2, 0.25) is 0 Å². The van der Waals surface area contributed by atoms with Crippen molar-refractivity contribution in [2.45, 2.75) is 49.8 Å². The van der Waals surface area contributed by atoms with Crippen LogP contribution in [0.2, 0.25) is 0 Å². The third-order valence-corrected chi connectivity index (χ3v) is 5.58. The lowest BCUT2D eigenvalue weighted by atomic mass is 10.1. The molecule has 0 spiro atoms. The average molecular weight is 428 g/mol. The number of quaternary nitrogens is 1. The van der Waals surface area contributed by atoms with Crippen LogP contribution in [-0.4, -0.2) is 84.8 Å². The predicted molar refractivity (Wildman–Crippen MR) is 106 cm³/mol. The second kappa shape index (κ2) is 9.67. The maximum absolute atomic E-state index is 12.0. The van der Waals surface area contributed by atoms with Gasteiger partial charge in [-0.1, -0.05) is 0 Å². The number of nitrogens with zero attached hydrogens (tertiary/aromatic N) is 4. The van der Waals surface area contributed by atoms with Crippen LogP contribution < -0.4 is 11.5 Å².